The molecule has 2 aliphatic carbocycles. The molecule has 1 N–H and O–H groups in total. The molecule has 0 unspecified atom stereocenters. The first-order valence-electron chi connectivity index (χ1n) is 10.9. The highest BCUT2D eigenvalue weighted by Crippen LogP contribution is 2.56. The molecule has 1 saturated heterocycles. The van der Waals surface area contributed by atoms with Crippen molar-refractivity contribution in [1.29, 1.82) is 0 Å². The highest BCUT2D eigenvalue weighted by molar-refractivity contribution is 5.85. The van der Waals surface area contributed by atoms with Crippen molar-refractivity contribution >= 4 is 18.1 Å². The van der Waals surface area contributed by atoms with Crippen LogP contribution in [0.25, 0.3) is 0 Å². The number of nitrogens with zero attached hydrogens (tertiary/aromatic N) is 2. The number of nitro benzene ring substituents is 1. The fourth-order valence-electron chi connectivity index (χ4n) is 6.41. The normalized spacial score (nSPS) is 27.5. The lowest BCUT2D eigenvalue weighted by Crippen LogP contribution is -2.61. The number of phenols is 1. The number of aromatic hydroxyl groups is 1. The van der Waals surface area contributed by atoms with Crippen LogP contribution in [0.4, 0.5) is 5.69 Å². The molecule has 30 heavy (non-hydrogen) atoms. The maximum Gasteiger partial charge on any atom is 0.269 e. The van der Waals surface area contributed by atoms with E-state index in [1.54, 1.807) is 12.1 Å². The van der Waals surface area contributed by atoms with E-state index in [1.165, 1.54) is 43.2 Å². The van der Waals surface area contributed by atoms with E-state index in [0.717, 1.165) is 31.5 Å². The Kier molecular flexibility index (Phi) is 5.78. The Morgan fingerprint density at radius 3 is 2.70 bits per heavy atom. The smallest absolute Gasteiger partial charge is 0.269 e. The predicted molar refractivity (Wildman–Crippen MR) is 119 cm³/mol. The molecule has 0 aromatic heterocycles. The summed E-state index contributed by atoms with van der Waals surface area (Å²) >= 11 is 0. The summed E-state index contributed by atoms with van der Waals surface area (Å²) in [6, 6.07) is 13.6. The Balaban J connectivity index is 0.00000218. The minimum absolute atomic E-state index is 0. The standard InChI is InChI=1S/C24H28N2O3.ClH/c27-20-9-6-18-15-23-21-3-1-2-11-24(21,22(18)16-20)12-14-25(23)13-10-17-4-7-19(8-5-17)26(28)29;/h4-9,16,21,23,27H,1-3,10-15H2;1H/t21-,23-,24+;/m0./s1. The maximum atomic E-state index is 10.9. The van der Waals surface area contributed by atoms with E-state index in [1.807, 2.05) is 18.2 Å². The number of hydrogen-bond acceptors (Lipinski definition) is 4. The van der Waals surface area contributed by atoms with Crippen LogP contribution in [0.5, 0.6) is 5.75 Å². The fraction of sp³-hybridized carbons (Fsp3) is 0.500. The molecule has 5 rings (SSSR count). The first-order valence-corrected chi connectivity index (χ1v) is 10.9. The topological polar surface area (TPSA) is 66.6 Å². The van der Waals surface area contributed by atoms with E-state index in [9.17, 15) is 15.2 Å². The molecule has 1 saturated carbocycles. The largest absolute Gasteiger partial charge is 0.508 e. The van der Waals surface area contributed by atoms with Crippen molar-refractivity contribution in [2.75, 3.05) is 13.1 Å². The average molecular weight is 429 g/mol. The second-order valence-electron chi connectivity index (χ2n) is 9.08. The molecule has 0 spiro atoms. The van der Waals surface area contributed by atoms with E-state index in [2.05, 4.69) is 17.0 Å². The van der Waals surface area contributed by atoms with Gasteiger partial charge in [0.25, 0.3) is 5.69 Å². The van der Waals surface area contributed by atoms with Crippen LogP contribution in [0.3, 0.4) is 0 Å². The van der Waals surface area contributed by atoms with Gasteiger partial charge in [-0.05, 0) is 73.4 Å². The van der Waals surface area contributed by atoms with Gasteiger partial charge < -0.3 is 5.11 Å². The number of benzene rings is 2. The lowest BCUT2D eigenvalue weighted by molar-refractivity contribution is -0.384. The van der Waals surface area contributed by atoms with E-state index in [0.29, 0.717) is 17.7 Å². The van der Waals surface area contributed by atoms with Crippen molar-refractivity contribution in [2.24, 2.45) is 5.92 Å². The van der Waals surface area contributed by atoms with Gasteiger partial charge in [0.2, 0.25) is 0 Å². The van der Waals surface area contributed by atoms with Gasteiger partial charge in [0, 0.05) is 30.1 Å². The van der Waals surface area contributed by atoms with Gasteiger partial charge in [0.1, 0.15) is 5.75 Å². The van der Waals surface area contributed by atoms with Crippen molar-refractivity contribution in [2.45, 2.75) is 56.4 Å². The quantitative estimate of drug-likeness (QED) is 0.548. The summed E-state index contributed by atoms with van der Waals surface area (Å²) in [5, 5.41) is 21.0. The number of hydrogen-bond donors (Lipinski definition) is 1. The monoisotopic (exact) mass is 428 g/mol. The summed E-state index contributed by atoms with van der Waals surface area (Å²) in [5.41, 5.74) is 4.42. The van der Waals surface area contributed by atoms with Gasteiger partial charge in [0.05, 0.1) is 4.92 Å². The van der Waals surface area contributed by atoms with Crippen molar-refractivity contribution < 1.29 is 10.0 Å². The zero-order valence-corrected chi connectivity index (χ0v) is 17.9. The summed E-state index contributed by atoms with van der Waals surface area (Å²) in [4.78, 5) is 13.2. The first-order chi connectivity index (χ1) is 14.1. The van der Waals surface area contributed by atoms with Gasteiger partial charge in [0.15, 0.2) is 0 Å². The molecule has 3 atom stereocenters. The number of phenolic OH excluding ortho intramolecular Hbond substituents is 1. The third-order valence-electron chi connectivity index (χ3n) is 7.77. The van der Waals surface area contributed by atoms with Crippen LogP contribution in [-0.4, -0.2) is 34.1 Å². The highest BCUT2D eigenvalue weighted by Gasteiger charge is 2.53. The Morgan fingerprint density at radius 1 is 1.13 bits per heavy atom. The molecule has 1 heterocycles. The fourth-order valence-corrected chi connectivity index (χ4v) is 6.41. The van der Waals surface area contributed by atoms with Gasteiger partial charge in [-0.1, -0.05) is 31.0 Å². The van der Waals surface area contributed by atoms with Crippen LogP contribution < -0.4 is 0 Å². The molecule has 2 fully saturated rings. The van der Waals surface area contributed by atoms with Crippen molar-refractivity contribution in [1.82, 2.24) is 4.90 Å². The first kappa shape index (κ1) is 21.1. The Hall–Kier alpha value is -2.11. The molecule has 0 amide bonds. The summed E-state index contributed by atoms with van der Waals surface area (Å²) < 4.78 is 0. The minimum Gasteiger partial charge on any atom is -0.508 e. The molecule has 6 heteroatoms. The number of nitro groups is 1. The number of rotatable bonds is 4. The van der Waals surface area contributed by atoms with Crippen molar-refractivity contribution in [3.05, 3.63) is 69.3 Å². The van der Waals surface area contributed by atoms with Gasteiger partial charge in [-0.2, -0.15) is 0 Å². The maximum absolute atomic E-state index is 10.9. The molecule has 2 aromatic carbocycles. The van der Waals surface area contributed by atoms with Crippen LogP contribution in [0.2, 0.25) is 0 Å². The summed E-state index contributed by atoms with van der Waals surface area (Å²) in [7, 11) is 0. The van der Waals surface area contributed by atoms with Gasteiger partial charge in [-0.15, -0.1) is 12.4 Å². The second kappa shape index (κ2) is 8.20. The molecule has 0 radical (unpaired) electrons. The van der Waals surface area contributed by atoms with E-state index < -0.39 is 0 Å². The highest BCUT2D eigenvalue weighted by atomic mass is 35.5. The Bertz CT molecular complexity index is 933. The molecule has 160 valence electrons. The number of non-ortho nitro benzene ring substituents is 1. The van der Waals surface area contributed by atoms with Crippen LogP contribution in [0.1, 0.15) is 48.8 Å². The van der Waals surface area contributed by atoms with Crippen LogP contribution in [-0.2, 0) is 18.3 Å². The van der Waals surface area contributed by atoms with Gasteiger partial charge in [-0.3, -0.25) is 15.0 Å². The predicted octanol–water partition coefficient (Wildman–Crippen LogP) is 5.02. The number of halogens is 1. The zero-order chi connectivity index (χ0) is 20.0. The SMILES string of the molecule is Cl.O=[N+]([O-])c1ccc(CCN2CC[C@]34CCCC[C@H]3[C@@H]2Cc2ccc(O)cc24)cc1. The molecule has 5 nitrogen and oxygen atoms in total. The molecular weight excluding hydrogens is 400 g/mol. The minimum atomic E-state index is -0.339. The summed E-state index contributed by atoms with van der Waals surface area (Å²) in [5.74, 6) is 1.08. The third-order valence-corrected chi connectivity index (χ3v) is 7.77. The van der Waals surface area contributed by atoms with Crippen LogP contribution >= 0.6 is 12.4 Å². The van der Waals surface area contributed by atoms with Crippen LogP contribution in [0, 0.1) is 16.0 Å². The molecule has 2 aromatic rings. The van der Waals surface area contributed by atoms with E-state index in [4.69, 9.17) is 0 Å². The lowest BCUT2D eigenvalue weighted by Gasteiger charge is -2.59. The molecule has 2 bridgehead atoms. The Labute approximate surface area is 183 Å². The molecule has 3 aliphatic rings. The number of fused-ring (bicyclic) bond motifs is 1. The molecular formula is C24H29ClN2O3. The van der Waals surface area contributed by atoms with Gasteiger partial charge >= 0.3 is 0 Å². The zero-order valence-electron chi connectivity index (χ0n) is 17.1. The average Bonchev–Trinajstić information content (AvgIpc) is 2.74. The van der Waals surface area contributed by atoms with Crippen molar-refractivity contribution in [3.8, 4) is 5.75 Å². The summed E-state index contributed by atoms with van der Waals surface area (Å²) in [6.07, 6.45) is 8.31. The lowest BCUT2D eigenvalue weighted by atomic mass is 9.52. The third kappa shape index (κ3) is 3.48. The Morgan fingerprint density at radius 2 is 1.93 bits per heavy atom. The van der Waals surface area contributed by atoms with Gasteiger partial charge in [-0.25, -0.2) is 0 Å². The van der Waals surface area contributed by atoms with E-state index >= 15 is 0 Å². The van der Waals surface area contributed by atoms with E-state index in [-0.39, 0.29) is 28.4 Å². The number of likely N-dealkylation sites (tertiary alicyclic amines) is 1. The summed E-state index contributed by atoms with van der Waals surface area (Å²) in [6.45, 7) is 2.10. The second-order valence-corrected chi connectivity index (χ2v) is 9.08. The van der Waals surface area contributed by atoms with Crippen LogP contribution in [0.15, 0.2) is 42.5 Å². The number of piperidine rings is 1. The van der Waals surface area contributed by atoms with Crippen molar-refractivity contribution in [3.63, 3.8) is 0 Å². The molecule has 1 aliphatic heterocycles.